The topological polar surface area (TPSA) is 74.3 Å². The Bertz CT molecular complexity index is 279. The Morgan fingerprint density at radius 1 is 1.31 bits per heavy atom. The van der Waals surface area contributed by atoms with Crippen LogP contribution in [0.4, 0.5) is 13.2 Å². The van der Waals surface area contributed by atoms with Crippen molar-refractivity contribution in [2.45, 2.75) is 12.6 Å². The van der Waals surface area contributed by atoms with Gasteiger partial charge < -0.3 is 9.90 Å². The molecule has 0 unspecified atom stereocenters. The number of carbonyl (C=O) groups is 1. The summed E-state index contributed by atoms with van der Waals surface area (Å²) in [5.74, 6) is -4.49. The van der Waals surface area contributed by atoms with Gasteiger partial charge in [0, 0.05) is 0 Å². The first kappa shape index (κ1) is 12.2. The standard InChI is InChI=1S/C5H7F3O4S/c6-5(7,8)1-2-13(11,12)3-4(9)10/h1-3H2,(H,9,10)/p-1. The zero-order valence-corrected chi connectivity index (χ0v) is 7.11. The molecular weight excluding hydrogens is 213 g/mol. The van der Waals surface area contributed by atoms with Crippen LogP contribution >= 0.6 is 0 Å². The van der Waals surface area contributed by atoms with Crippen LogP contribution in [-0.4, -0.2) is 32.1 Å². The summed E-state index contributed by atoms with van der Waals surface area (Å²) < 4.78 is 55.6. The van der Waals surface area contributed by atoms with Gasteiger partial charge in [-0.3, -0.25) is 0 Å². The molecule has 0 aliphatic rings. The van der Waals surface area contributed by atoms with Crippen LogP contribution in [0.1, 0.15) is 6.42 Å². The summed E-state index contributed by atoms with van der Waals surface area (Å²) in [6.45, 7) is 0. The number of carboxylic acid groups (broad SMARTS) is 1. The molecule has 0 spiro atoms. The Labute approximate surface area is 72.3 Å². The first-order valence-electron chi connectivity index (χ1n) is 3.09. The maximum absolute atomic E-state index is 11.5. The first-order chi connectivity index (χ1) is 5.62. The number of rotatable bonds is 4. The van der Waals surface area contributed by atoms with Gasteiger partial charge in [-0.1, -0.05) is 0 Å². The monoisotopic (exact) mass is 219 g/mol. The fourth-order valence-corrected chi connectivity index (χ4v) is 1.57. The molecule has 0 aliphatic heterocycles. The van der Waals surface area contributed by atoms with Crippen LogP contribution in [-0.2, 0) is 14.6 Å². The molecule has 78 valence electrons. The average molecular weight is 219 g/mol. The molecule has 0 saturated carbocycles. The molecule has 0 heterocycles. The van der Waals surface area contributed by atoms with E-state index in [4.69, 9.17) is 0 Å². The Kier molecular flexibility index (Phi) is 3.71. The average Bonchev–Trinajstić information content (AvgIpc) is 1.79. The van der Waals surface area contributed by atoms with Crippen LogP contribution in [0.15, 0.2) is 0 Å². The minimum absolute atomic E-state index is 1.22. The molecular formula is C5H6F3O4S-. The van der Waals surface area contributed by atoms with E-state index < -0.39 is 39.9 Å². The van der Waals surface area contributed by atoms with Crippen molar-refractivity contribution in [1.29, 1.82) is 0 Å². The third-order valence-electron chi connectivity index (χ3n) is 1.03. The second-order valence-corrected chi connectivity index (χ2v) is 4.51. The van der Waals surface area contributed by atoms with E-state index in [1.807, 2.05) is 0 Å². The number of alkyl halides is 3. The zero-order chi connectivity index (χ0) is 10.7. The van der Waals surface area contributed by atoms with E-state index in [2.05, 4.69) is 0 Å². The van der Waals surface area contributed by atoms with Crippen molar-refractivity contribution in [1.82, 2.24) is 0 Å². The van der Waals surface area contributed by atoms with Crippen molar-refractivity contribution < 1.29 is 31.5 Å². The molecule has 8 heteroatoms. The quantitative estimate of drug-likeness (QED) is 0.614. The summed E-state index contributed by atoms with van der Waals surface area (Å²) in [5.41, 5.74) is 0. The summed E-state index contributed by atoms with van der Waals surface area (Å²) in [4.78, 5) is 9.77. The van der Waals surface area contributed by atoms with E-state index in [-0.39, 0.29) is 0 Å². The molecule has 13 heavy (non-hydrogen) atoms. The highest BCUT2D eigenvalue weighted by Gasteiger charge is 2.29. The first-order valence-corrected chi connectivity index (χ1v) is 4.91. The van der Waals surface area contributed by atoms with Gasteiger partial charge >= 0.3 is 6.18 Å². The maximum atomic E-state index is 11.5. The van der Waals surface area contributed by atoms with Crippen molar-refractivity contribution in [3.8, 4) is 0 Å². The highest BCUT2D eigenvalue weighted by atomic mass is 32.2. The third-order valence-corrected chi connectivity index (χ3v) is 2.54. The van der Waals surface area contributed by atoms with Gasteiger partial charge in [0.1, 0.15) is 0 Å². The zero-order valence-electron chi connectivity index (χ0n) is 6.30. The molecule has 0 saturated heterocycles. The van der Waals surface area contributed by atoms with Crippen LogP contribution < -0.4 is 5.11 Å². The van der Waals surface area contributed by atoms with E-state index >= 15 is 0 Å². The van der Waals surface area contributed by atoms with E-state index in [0.29, 0.717) is 0 Å². The van der Waals surface area contributed by atoms with Crippen LogP contribution in [0, 0.1) is 0 Å². The number of aliphatic carboxylic acids is 1. The maximum Gasteiger partial charge on any atom is 0.390 e. The number of hydrogen-bond acceptors (Lipinski definition) is 4. The van der Waals surface area contributed by atoms with E-state index in [9.17, 15) is 31.5 Å². The molecule has 0 rings (SSSR count). The van der Waals surface area contributed by atoms with Crippen LogP contribution in [0.25, 0.3) is 0 Å². The second kappa shape index (κ2) is 3.95. The summed E-state index contributed by atoms with van der Waals surface area (Å²) in [5, 5.41) is 9.77. The Balaban J connectivity index is 4.13. The highest BCUT2D eigenvalue weighted by Crippen LogP contribution is 2.20. The van der Waals surface area contributed by atoms with Gasteiger partial charge in [0.2, 0.25) is 0 Å². The molecule has 0 fully saturated rings. The van der Waals surface area contributed by atoms with Crippen molar-refractivity contribution >= 4 is 15.8 Å². The lowest BCUT2D eigenvalue weighted by Crippen LogP contribution is -2.32. The smallest absolute Gasteiger partial charge is 0.390 e. The van der Waals surface area contributed by atoms with Crippen LogP contribution in [0.5, 0.6) is 0 Å². The van der Waals surface area contributed by atoms with Crippen LogP contribution in [0.3, 0.4) is 0 Å². The molecule has 0 aliphatic carbocycles. The molecule has 0 amide bonds. The lowest BCUT2D eigenvalue weighted by atomic mass is 10.5. The Morgan fingerprint density at radius 2 is 1.77 bits per heavy atom. The third kappa shape index (κ3) is 7.57. The molecule has 0 radical (unpaired) electrons. The molecule has 4 nitrogen and oxygen atoms in total. The minimum Gasteiger partial charge on any atom is -0.549 e. The van der Waals surface area contributed by atoms with Crippen molar-refractivity contribution in [3.05, 3.63) is 0 Å². The molecule has 0 bridgehead atoms. The highest BCUT2D eigenvalue weighted by molar-refractivity contribution is 7.92. The van der Waals surface area contributed by atoms with Gasteiger partial charge in [0.05, 0.1) is 23.9 Å². The molecule has 0 N–H and O–H groups in total. The lowest BCUT2D eigenvalue weighted by molar-refractivity contribution is -0.301. The number of sulfone groups is 1. The lowest BCUT2D eigenvalue weighted by Gasteiger charge is -2.07. The van der Waals surface area contributed by atoms with Gasteiger partial charge in [-0.2, -0.15) is 13.2 Å². The normalized spacial score (nSPS) is 12.8. The SMILES string of the molecule is O=C([O-])CS(=O)(=O)CCC(F)(F)F. The summed E-state index contributed by atoms with van der Waals surface area (Å²) in [6, 6.07) is 0. The number of hydrogen-bond donors (Lipinski definition) is 0. The molecule has 0 atom stereocenters. The number of carboxylic acids is 1. The van der Waals surface area contributed by atoms with E-state index in [1.165, 1.54) is 0 Å². The van der Waals surface area contributed by atoms with Gasteiger partial charge in [-0.15, -0.1) is 0 Å². The summed E-state index contributed by atoms with van der Waals surface area (Å²) in [6.07, 6.45) is -6.14. The van der Waals surface area contributed by atoms with Gasteiger partial charge in [-0.05, 0) is 0 Å². The van der Waals surface area contributed by atoms with Gasteiger partial charge in [0.25, 0.3) is 0 Å². The Morgan fingerprint density at radius 3 is 2.08 bits per heavy atom. The second-order valence-electron chi connectivity index (χ2n) is 2.33. The molecule has 0 aromatic rings. The van der Waals surface area contributed by atoms with E-state index in [0.717, 1.165) is 0 Å². The summed E-state index contributed by atoms with van der Waals surface area (Å²) >= 11 is 0. The van der Waals surface area contributed by atoms with Gasteiger partial charge in [-0.25, -0.2) is 8.42 Å². The van der Waals surface area contributed by atoms with Crippen molar-refractivity contribution in [3.63, 3.8) is 0 Å². The van der Waals surface area contributed by atoms with Crippen molar-refractivity contribution in [2.24, 2.45) is 0 Å². The van der Waals surface area contributed by atoms with Crippen molar-refractivity contribution in [2.75, 3.05) is 11.5 Å². The van der Waals surface area contributed by atoms with Crippen LogP contribution in [0.2, 0.25) is 0 Å². The number of carbonyl (C=O) groups excluding carboxylic acids is 1. The minimum atomic E-state index is -4.60. The predicted octanol–water partition coefficient (Wildman–Crippen LogP) is -0.897. The number of halogens is 3. The molecule has 0 aromatic carbocycles. The molecule has 0 aromatic heterocycles. The van der Waals surface area contributed by atoms with Gasteiger partial charge in [0.15, 0.2) is 9.84 Å². The van der Waals surface area contributed by atoms with E-state index in [1.54, 1.807) is 0 Å². The summed E-state index contributed by atoms with van der Waals surface area (Å²) in [7, 11) is -4.20. The fourth-order valence-electron chi connectivity index (χ4n) is 0.523. The predicted molar refractivity (Wildman–Crippen MR) is 34.3 cm³/mol. The largest absolute Gasteiger partial charge is 0.549 e. The fraction of sp³-hybridized carbons (Fsp3) is 0.800. The Hall–Kier alpha value is -0.790.